The molecule has 2 aliphatic rings. The topological polar surface area (TPSA) is 139 Å². The van der Waals surface area contributed by atoms with Crippen molar-refractivity contribution >= 4 is 51.2 Å². The number of benzene rings is 1. The van der Waals surface area contributed by atoms with Crippen LogP contribution in [0.4, 0.5) is 11.6 Å². The molecule has 4 aromatic rings. The fraction of sp³-hybridized carbons (Fsp3) is 0.333. The van der Waals surface area contributed by atoms with Crippen molar-refractivity contribution in [3.8, 4) is 0 Å². The molecule has 0 unspecified atom stereocenters. The number of aliphatic hydroxyl groups excluding tert-OH is 2. The summed E-state index contributed by atoms with van der Waals surface area (Å²) in [5, 5.41) is 26.2. The molecule has 4 heterocycles. The number of hydrogen-bond donors (Lipinski definition) is 4. The SMILES string of the molecule is Nc1ncnc2c1ccn2[C@@H]1C[C@H](CCc2ccc3cc4c(nc3c2)NC(=O)CS4)[C@@H](O)[C@H]1O. The van der Waals surface area contributed by atoms with Crippen LogP contribution in [0.2, 0.25) is 0 Å². The van der Waals surface area contributed by atoms with Gasteiger partial charge in [0, 0.05) is 11.6 Å². The van der Waals surface area contributed by atoms with E-state index >= 15 is 0 Å². The van der Waals surface area contributed by atoms with Crippen LogP contribution >= 0.6 is 11.8 Å². The molecule has 1 saturated carbocycles. The Morgan fingerprint density at radius 3 is 2.94 bits per heavy atom. The van der Waals surface area contributed by atoms with Crippen molar-refractivity contribution in [1.82, 2.24) is 19.5 Å². The number of carbonyl (C=O) groups is 1. The molecule has 1 aromatic carbocycles. The van der Waals surface area contributed by atoms with Gasteiger partial charge in [0.25, 0.3) is 0 Å². The van der Waals surface area contributed by atoms with Gasteiger partial charge >= 0.3 is 0 Å². The lowest BCUT2D eigenvalue weighted by molar-refractivity contribution is -0.113. The van der Waals surface area contributed by atoms with E-state index < -0.39 is 12.2 Å². The molecule has 1 aliphatic carbocycles. The molecule has 3 aromatic heterocycles. The van der Waals surface area contributed by atoms with Crippen LogP contribution < -0.4 is 11.1 Å². The van der Waals surface area contributed by atoms with Crippen molar-refractivity contribution in [1.29, 1.82) is 0 Å². The first-order valence-electron chi connectivity index (χ1n) is 11.3. The van der Waals surface area contributed by atoms with Crippen LogP contribution in [-0.2, 0) is 11.2 Å². The molecule has 0 radical (unpaired) electrons. The molecule has 1 aliphatic heterocycles. The Hall–Kier alpha value is -3.21. The van der Waals surface area contributed by atoms with Gasteiger partial charge in [-0.15, -0.1) is 11.8 Å². The summed E-state index contributed by atoms with van der Waals surface area (Å²) in [6, 6.07) is 9.79. The number of fused-ring (bicyclic) bond motifs is 3. The van der Waals surface area contributed by atoms with E-state index in [-0.39, 0.29) is 17.9 Å². The lowest BCUT2D eigenvalue weighted by Crippen LogP contribution is -2.29. The number of amides is 1. The average molecular weight is 477 g/mol. The molecule has 0 bridgehead atoms. The summed E-state index contributed by atoms with van der Waals surface area (Å²) >= 11 is 1.50. The number of hydrogen-bond acceptors (Lipinski definition) is 8. The van der Waals surface area contributed by atoms with Crippen LogP contribution in [-0.4, -0.2) is 53.6 Å². The van der Waals surface area contributed by atoms with Crippen molar-refractivity contribution in [2.45, 2.75) is 42.4 Å². The van der Waals surface area contributed by atoms with E-state index in [9.17, 15) is 15.0 Å². The number of rotatable bonds is 4. The predicted octanol–water partition coefficient (Wildman–Crippen LogP) is 2.52. The van der Waals surface area contributed by atoms with E-state index in [0.29, 0.717) is 29.5 Å². The highest BCUT2D eigenvalue weighted by atomic mass is 32.2. The van der Waals surface area contributed by atoms with Gasteiger partial charge in [-0.25, -0.2) is 15.0 Å². The van der Waals surface area contributed by atoms with Crippen LogP contribution in [0.3, 0.4) is 0 Å². The Bertz CT molecular complexity index is 1420. The summed E-state index contributed by atoms with van der Waals surface area (Å²) < 4.78 is 1.90. The third kappa shape index (κ3) is 3.58. The summed E-state index contributed by atoms with van der Waals surface area (Å²) in [4.78, 5) is 25.7. The van der Waals surface area contributed by atoms with Crippen LogP contribution in [0.5, 0.6) is 0 Å². The van der Waals surface area contributed by atoms with Crippen molar-refractivity contribution < 1.29 is 15.0 Å². The zero-order valence-corrected chi connectivity index (χ0v) is 19.1. The Labute approximate surface area is 199 Å². The Kier molecular flexibility index (Phi) is 5.16. The van der Waals surface area contributed by atoms with Crippen LogP contribution in [0, 0.1) is 5.92 Å². The molecular weight excluding hydrogens is 452 g/mol. The first-order valence-corrected chi connectivity index (χ1v) is 12.3. The molecule has 4 atom stereocenters. The first-order chi connectivity index (χ1) is 16.5. The number of aryl methyl sites for hydroxylation is 1. The number of thioether (sulfide) groups is 1. The van der Waals surface area contributed by atoms with Crippen molar-refractivity contribution in [3.05, 3.63) is 48.4 Å². The lowest BCUT2D eigenvalue weighted by atomic mass is 9.95. The second kappa shape index (κ2) is 8.23. The summed E-state index contributed by atoms with van der Waals surface area (Å²) in [5.74, 6) is 1.34. The van der Waals surface area contributed by atoms with E-state index in [1.54, 1.807) is 0 Å². The average Bonchev–Trinajstić information content (AvgIpc) is 3.38. The summed E-state index contributed by atoms with van der Waals surface area (Å²) in [5.41, 5.74) is 8.55. The fourth-order valence-electron chi connectivity index (χ4n) is 5.13. The Morgan fingerprint density at radius 2 is 2.06 bits per heavy atom. The molecule has 6 rings (SSSR count). The highest BCUT2D eigenvalue weighted by molar-refractivity contribution is 8.00. The molecule has 9 nitrogen and oxygen atoms in total. The van der Waals surface area contributed by atoms with E-state index in [4.69, 9.17) is 5.73 Å². The maximum Gasteiger partial charge on any atom is 0.235 e. The van der Waals surface area contributed by atoms with Gasteiger partial charge in [-0.2, -0.15) is 0 Å². The summed E-state index contributed by atoms with van der Waals surface area (Å²) in [7, 11) is 0. The van der Waals surface area contributed by atoms with Gasteiger partial charge in [0.15, 0.2) is 0 Å². The minimum atomic E-state index is -0.886. The quantitative estimate of drug-likeness (QED) is 0.352. The van der Waals surface area contributed by atoms with Gasteiger partial charge in [-0.1, -0.05) is 12.1 Å². The maximum atomic E-state index is 11.7. The highest BCUT2D eigenvalue weighted by Crippen LogP contribution is 2.40. The zero-order valence-electron chi connectivity index (χ0n) is 18.3. The molecular formula is C24H24N6O3S. The van der Waals surface area contributed by atoms with Gasteiger partial charge in [-0.3, -0.25) is 4.79 Å². The number of anilines is 2. The van der Waals surface area contributed by atoms with E-state index in [0.717, 1.165) is 39.6 Å². The van der Waals surface area contributed by atoms with Gasteiger partial charge in [0.1, 0.15) is 29.7 Å². The number of aliphatic hydroxyl groups is 2. The minimum absolute atomic E-state index is 0.0338. The highest BCUT2D eigenvalue weighted by Gasteiger charge is 2.42. The number of aromatic nitrogens is 4. The monoisotopic (exact) mass is 476 g/mol. The van der Waals surface area contributed by atoms with Crippen molar-refractivity contribution in [3.63, 3.8) is 0 Å². The second-order valence-corrected chi connectivity index (χ2v) is 10.0. The molecule has 34 heavy (non-hydrogen) atoms. The number of nitrogens with one attached hydrogen (secondary N) is 1. The van der Waals surface area contributed by atoms with Gasteiger partial charge in [0.2, 0.25) is 5.91 Å². The number of nitrogen functional groups attached to an aromatic ring is 1. The van der Waals surface area contributed by atoms with E-state index in [1.807, 2.05) is 29.0 Å². The normalized spacial score (nSPS) is 24.5. The van der Waals surface area contributed by atoms with Crippen molar-refractivity contribution in [2.75, 3.05) is 16.8 Å². The second-order valence-electron chi connectivity index (χ2n) is 9.00. The third-order valence-electron chi connectivity index (χ3n) is 6.94. The number of nitrogens with zero attached hydrogens (tertiary/aromatic N) is 4. The Morgan fingerprint density at radius 1 is 1.18 bits per heavy atom. The van der Waals surface area contributed by atoms with Crippen LogP contribution in [0.1, 0.15) is 24.4 Å². The third-order valence-corrected chi connectivity index (χ3v) is 7.96. The molecule has 1 amide bonds. The maximum absolute atomic E-state index is 11.7. The number of pyridine rings is 1. The van der Waals surface area contributed by atoms with Gasteiger partial charge in [0.05, 0.1) is 33.7 Å². The van der Waals surface area contributed by atoms with Gasteiger partial charge < -0.3 is 25.8 Å². The van der Waals surface area contributed by atoms with Crippen molar-refractivity contribution in [2.24, 2.45) is 5.92 Å². The standard InChI is InChI=1S/C24H24N6O3S/c25-22-15-5-6-30(24(15)27-11-26-22)17-8-14(20(32)21(17)33)4-2-12-1-3-13-9-18-23(28-16(13)7-12)29-19(31)10-34-18/h1,3,5-7,9,11,14,17,20-21,32-33H,2,4,8,10H2,(H2,25,26,27)(H,28,29,31)/t14-,17+,20+,21-/m0/s1. The van der Waals surface area contributed by atoms with Crippen LogP contribution in [0.15, 0.2) is 47.8 Å². The zero-order chi connectivity index (χ0) is 23.4. The number of nitrogens with two attached hydrogens (primary N) is 1. The molecule has 0 spiro atoms. The first kappa shape index (κ1) is 21.3. The lowest BCUT2D eigenvalue weighted by Gasteiger charge is -2.19. The van der Waals surface area contributed by atoms with E-state index in [2.05, 4.69) is 32.4 Å². The predicted molar refractivity (Wildman–Crippen MR) is 131 cm³/mol. The molecule has 1 fully saturated rings. The molecule has 174 valence electrons. The largest absolute Gasteiger partial charge is 0.390 e. The molecule has 10 heteroatoms. The van der Waals surface area contributed by atoms with E-state index in [1.165, 1.54) is 18.1 Å². The van der Waals surface area contributed by atoms with Gasteiger partial charge in [-0.05, 0) is 48.9 Å². The number of carbonyl (C=O) groups excluding carboxylic acids is 1. The van der Waals surface area contributed by atoms with Crippen LogP contribution in [0.25, 0.3) is 21.9 Å². The summed E-state index contributed by atoms with van der Waals surface area (Å²) in [6.45, 7) is 0. The summed E-state index contributed by atoms with van der Waals surface area (Å²) in [6.07, 6.45) is 3.68. The molecule has 5 N–H and O–H groups in total. The molecule has 0 saturated heterocycles. The smallest absolute Gasteiger partial charge is 0.235 e. The fourth-order valence-corrected chi connectivity index (χ4v) is 5.93. The Balaban J connectivity index is 1.20. The minimum Gasteiger partial charge on any atom is -0.390 e.